The summed E-state index contributed by atoms with van der Waals surface area (Å²) in [6.07, 6.45) is 7.50. The smallest absolute Gasteiger partial charge is 0.226 e. The summed E-state index contributed by atoms with van der Waals surface area (Å²) < 4.78 is 0. The molecule has 0 aromatic rings. The van der Waals surface area contributed by atoms with Crippen molar-refractivity contribution in [2.75, 3.05) is 13.1 Å². The Morgan fingerprint density at radius 3 is 2.16 bits per heavy atom. The average Bonchev–Trinajstić information content (AvgIpc) is 2.17. The first-order valence-corrected chi connectivity index (χ1v) is 7.92. The number of hydrogen-bond acceptors (Lipinski definition) is 2. The van der Waals surface area contributed by atoms with Gasteiger partial charge in [-0.2, -0.15) is 0 Å². The van der Waals surface area contributed by atoms with Crippen LogP contribution in [0.1, 0.15) is 52.4 Å². The fourth-order valence-electron chi connectivity index (χ4n) is 6.43. The van der Waals surface area contributed by atoms with Crippen LogP contribution in [-0.4, -0.2) is 25.0 Å². The SMILES string of the molecule is CC12CC3CC(C)(C1)CC(C(=O)NC1CNC1)(C3)C2. The van der Waals surface area contributed by atoms with Crippen molar-refractivity contribution in [1.29, 1.82) is 0 Å². The topological polar surface area (TPSA) is 41.1 Å². The summed E-state index contributed by atoms with van der Waals surface area (Å²) in [5.41, 5.74) is 0.839. The largest absolute Gasteiger partial charge is 0.350 e. The molecule has 2 unspecified atom stereocenters. The van der Waals surface area contributed by atoms with Crippen LogP contribution >= 0.6 is 0 Å². The first-order valence-electron chi connectivity index (χ1n) is 7.92. The molecule has 5 aliphatic rings. The highest BCUT2D eigenvalue weighted by Crippen LogP contribution is 2.69. The maximum Gasteiger partial charge on any atom is 0.226 e. The Labute approximate surface area is 115 Å². The summed E-state index contributed by atoms with van der Waals surface area (Å²) in [5, 5.41) is 6.55. The predicted octanol–water partition coefficient (Wildman–Crippen LogP) is 2.07. The van der Waals surface area contributed by atoms with Gasteiger partial charge in [-0.25, -0.2) is 0 Å². The summed E-state index contributed by atoms with van der Waals surface area (Å²) in [5.74, 6) is 1.18. The van der Waals surface area contributed by atoms with Gasteiger partial charge in [-0.1, -0.05) is 13.8 Å². The van der Waals surface area contributed by atoms with Crippen LogP contribution < -0.4 is 10.6 Å². The molecule has 0 aromatic carbocycles. The van der Waals surface area contributed by atoms with Gasteiger partial charge in [0.1, 0.15) is 0 Å². The van der Waals surface area contributed by atoms with Crippen molar-refractivity contribution < 1.29 is 4.79 Å². The molecule has 3 nitrogen and oxygen atoms in total. The summed E-state index contributed by atoms with van der Waals surface area (Å²) >= 11 is 0. The normalized spacial score (nSPS) is 52.0. The highest BCUT2D eigenvalue weighted by molar-refractivity contribution is 5.83. The van der Waals surface area contributed by atoms with Gasteiger partial charge in [-0.3, -0.25) is 4.79 Å². The maximum absolute atomic E-state index is 12.8. The lowest BCUT2D eigenvalue weighted by Crippen LogP contribution is -2.64. The van der Waals surface area contributed by atoms with Gasteiger partial charge in [0.15, 0.2) is 0 Å². The van der Waals surface area contributed by atoms with E-state index in [1.165, 1.54) is 19.3 Å². The minimum absolute atomic E-state index is 0.0293. The van der Waals surface area contributed by atoms with Crippen molar-refractivity contribution in [1.82, 2.24) is 10.6 Å². The van der Waals surface area contributed by atoms with E-state index in [1.807, 2.05) is 0 Å². The summed E-state index contributed by atoms with van der Waals surface area (Å²) in [4.78, 5) is 12.8. The Balaban J connectivity index is 1.61. The first-order chi connectivity index (χ1) is 8.91. The van der Waals surface area contributed by atoms with E-state index >= 15 is 0 Å². The van der Waals surface area contributed by atoms with Gasteiger partial charge in [0, 0.05) is 13.1 Å². The zero-order chi connectivity index (χ0) is 13.3. The molecule has 1 heterocycles. The zero-order valence-corrected chi connectivity index (χ0v) is 12.2. The van der Waals surface area contributed by atoms with Crippen LogP contribution in [0.5, 0.6) is 0 Å². The van der Waals surface area contributed by atoms with Crippen molar-refractivity contribution in [3.05, 3.63) is 0 Å². The lowest BCUT2D eigenvalue weighted by Gasteiger charge is -2.64. The lowest BCUT2D eigenvalue weighted by atomic mass is 9.40. The average molecular weight is 262 g/mol. The molecule has 3 heteroatoms. The van der Waals surface area contributed by atoms with Gasteiger partial charge in [0.25, 0.3) is 0 Å². The van der Waals surface area contributed by atoms with E-state index in [0.29, 0.717) is 22.8 Å². The predicted molar refractivity (Wildman–Crippen MR) is 74.6 cm³/mol. The second-order valence-electron chi connectivity index (χ2n) is 8.74. The van der Waals surface area contributed by atoms with Gasteiger partial charge in [0.05, 0.1) is 11.5 Å². The number of hydrogen-bond donors (Lipinski definition) is 2. The highest BCUT2D eigenvalue weighted by Gasteiger charge is 2.62. The Morgan fingerprint density at radius 2 is 1.68 bits per heavy atom. The minimum atomic E-state index is -0.0293. The number of nitrogens with one attached hydrogen (secondary N) is 2. The molecule has 0 aromatic heterocycles. The van der Waals surface area contributed by atoms with E-state index in [4.69, 9.17) is 0 Å². The van der Waals surface area contributed by atoms with Gasteiger partial charge < -0.3 is 10.6 Å². The molecule has 106 valence electrons. The molecule has 2 atom stereocenters. The van der Waals surface area contributed by atoms with Crippen LogP contribution in [0.25, 0.3) is 0 Å². The van der Waals surface area contributed by atoms with Crippen molar-refractivity contribution in [2.45, 2.75) is 58.4 Å². The van der Waals surface area contributed by atoms with E-state index in [-0.39, 0.29) is 5.41 Å². The van der Waals surface area contributed by atoms with Crippen molar-refractivity contribution >= 4 is 5.91 Å². The Kier molecular flexibility index (Phi) is 2.27. The third-order valence-corrected chi connectivity index (χ3v) is 6.22. The fraction of sp³-hybridized carbons (Fsp3) is 0.938. The Bertz CT molecular complexity index is 410. The molecule has 19 heavy (non-hydrogen) atoms. The molecule has 0 radical (unpaired) electrons. The van der Waals surface area contributed by atoms with Crippen LogP contribution in [0.15, 0.2) is 0 Å². The molecule has 5 fully saturated rings. The number of carbonyl (C=O) groups is 1. The second kappa shape index (κ2) is 3.55. The molecule has 1 saturated heterocycles. The molecule has 5 rings (SSSR count). The number of rotatable bonds is 2. The third-order valence-electron chi connectivity index (χ3n) is 6.22. The molecule has 0 spiro atoms. The zero-order valence-electron chi connectivity index (χ0n) is 12.2. The van der Waals surface area contributed by atoms with Crippen molar-refractivity contribution in [3.63, 3.8) is 0 Å². The summed E-state index contributed by atoms with van der Waals surface area (Å²) in [6.45, 7) is 6.78. The fourth-order valence-corrected chi connectivity index (χ4v) is 6.43. The van der Waals surface area contributed by atoms with E-state index in [1.54, 1.807) is 0 Å². The van der Waals surface area contributed by atoms with E-state index < -0.39 is 0 Å². The van der Waals surface area contributed by atoms with Gasteiger partial charge in [-0.15, -0.1) is 0 Å². The van der Waals surface area contributed by atoms with E-state index in [9.17, 15) is 4.79 Å². The quantitative estimate of drug-likeness (QED) is 0.800. The van der Waals surface area contributed by atoms with Crippen LogP contribution in [0.3, 0.4) is 0 Å². The molecule has 4 saturated carbocycles. The van der Waals surface area contributed by atoms with Gasteiger partial charge in [0.2, 0.25) is 5.91 Å². The standard InChI is InChI=1S/C16H26N2O/c1-14-3-11-4-15(2,8-14)10-16(5-11,9-14)13(19)18-12-6-17-7-12/h11-12,17H,3-10H2,1-2H3,(H,18,19). The van der Waals surface area contributed by atoms with Crippen LogP contribution in [0.2, 0.25) is 0 Å². The molecule has 1 aliphatic heterocycles. The molecule has 4 bridgehead atoms. The van der Waals surface area contributed by atoms with Crippen LogP contribution in [0, 0.1) is 22.2 Å². The van der Waals surface area contributed by atoms with Gasteiger partial charge >= 0.3 is 0 Å². The first kappa shape index (κ1) is 12.2. The number of carbonyl (C=O) groups excluding carboxylic acids is 1. The molecule has 4 aliphatic carbocycles. The van der Waals surface area contributed by atoms with Gasteiger partial charge in [-0.05, 0) is 55.3 Å². The highest BCUT2D eigenvalue weighted by atomic mass is 16.2. The molecular weight excluding hydrogens is 236 g/mol. The molecule has 1 amide bonds. The minimum Gasteiger partial charge on any atom is -0.350 e. The van der Waals surface area contributed by atoms with E-state index in [2.05, 4.69) is 24.5 Å². The van der Waals surface area contributed by atoms with Crippen LogP contribution in [0.4, 0.5) is 0 Å². The monoisotopic (exact) mass is 262 g/mol. The van der Waals surface area contributed by atoms with Crippen LogP contribution in [-0.2, 0) is 4.79 Å². The molecular formula is C16H26N2O. The summed E-state index contributed by atoms with van der Waals surface area (Å²) in [7, 11) is 0. The maximum atomic E-state index is 12.8. The Hall–Kier alpha value is -0.570. The van der Waals surface area contributed by atoms with E-state index in [0.717, 1.165) is 38.3 Å². The molecule has 2 N–H and O–H groups in total. The third kappa shape index (κ3) is 1.77. The number of amides is 1. The lowest BCUT2D eigenvalue weighted by molar-refractivity contribution is -0.171. The Morgan fingerprint density at radius 1 is 1.05 bits per heavy atom. The van der Waals surface area contributed by atoms with Crippen molar-refractivity contribution in [3.8, 4) is 0 Å². The summed E-state index contributed by atoms with van der Waals surface area (Å²) in [6, 6.07) is 0.390. The second-order valence-corrected chi connectivity index (χ2v) is 8.74. The van der Waals surface area contributed by atoms with Crippen molar-refractivity contribution in [2.24, 2.45) is 22.2 Å².